The molecular weight excluding hydrogens is 452 g/mol. The maximum atomic E-state index is 13.3. The smallest absolute Gasteiger partial charge is 0.247 e. The largest absolute Gasteiger partial charge is 0.493 e. The van der Waals surface area contributed by atoms with Crippen molar-refractivity contribution in [2.24, 2.45) is 0 Å². The molecule has 2 aromatic carbocycles. The van der Waals surface area contributed by atoms with Crippen LogP contribution in [0.1, 0.15) is 25.1 Å². The number of amides is 1. The van der Waals surface area contributed by atoms with Crippen LogP contribution in [0.5, 0.6) is 17.4 Å². The molecule has 4 rings (SSSR count). The van der Waals surface area contributed by atoms with Gasteiger partial charge in [-0.15, -0.1) is 10.2 Å². The van der Waals surface area contributed by atoms with Crippen molar-refractivity contribution >= 4 is 35.0 Å². The molecule has 1 aromatic heterocycles. The van der Waals surface area contributed by atoms with E-state index in [2.05, 4.69) is 15.2 Å². The molecule has 1 amide bonds. The van der Waals surface area contributed by atoms with Crippen LogP contribution in [-0.2, 0) is 4.79 Å². The summed E-state index contributed by atoms with van der Waals surface area (Å²) in [5, 5.41) is 9.38. The van der Waals surface area contributed by atoms with E-state index >= 15 is 0 Å². The average Bonchev–Trinajstić information content (AvgIpc) is 2.97. The molecule has 0 spiro atoms. The van der Waals surface area contributed by atoms with Gasteiger partial charge in [0, 0.05) is 23.1 Å². The van der Waals surface area contributed by atoms with E-state index in [0.717, 1.165) is 0 Å². The lowest BCUT2D eigenvalue weighted by atomic mass is 10.1. The van der Waals surface area contributed by atoms with Crippen molar-refractivity contribution in [2.45, 2.75) is 24.7 Å². The normalized spacial score (nSPS) is 14.7. The SMILES string of the molecule is CCC(=O)N1c2ccccc2-c2nnc(SC)nc2OC1c1cc(Cl)cc(OC)c1OC. The van der Waals surface area contributed by atoms with E-state index in [4.69, 9.17) is 25.8 Å². The van der Waals surface area contributed by atoms with Crippen LogP contribution in [0.15, 0.2) is 41.6 Å². The summed E-state index contributed by atoms with van der Waals surface area (Å²) in [5.74, 6) is 0.929. The van der Waals surface area contributed by atoms with Gasteiger partial charge in [0.15, 0.2) is 17.2 Å². The molecule has 1 aliphatic rings. The number of nitrogens with zero attached hydrogens (tertiary/aromatic N) is 4. The minimum atomic E-state index is -0.932. The van der Waals surface area contributed by atoms with Crippen LogP contribution in [-0.4, -0.2) is 41.6 Å². The number of benzene rings is 2. The number of anilines is 1. The van der Waals surface area contributed by atoms with Gasteiger partial charge in [0.2, 0.25) is 23.2 Å². The van der Waals surface area contributed by atoms with Crippen molar-refractivity contribution in [3.05, 3.63) is 47.0 Å². The van der Waals surface area contributed by atoms with Crippen molar-refractivity contribution in [1.29, 1.82) is 0 Å². The summed E-state index contributed by atoms with van der Waals surface area (Å²) in [7, 11) is 3.04. The van der Waals surface area contributed by atoms with E-state index in [1.165, 1.54) is 26.0 Å². The van der Waals surface area contributed by atoms with Gasteiger partial charge >= 0.3 is 0 Å². The summed E-state index contributed by atoms with van der Waals surface area (Å²) in [4.78, 5) is 19.4. The topological polar surface area (TPSA) is 86.7 Å². The summed E-state index contributed by atoms with van der Waals surface area (Å²) in [5.41, 5.74) is 2.28. The molecular formula is C22H21ClN4O4S. The van der Waals surface area contributed by atoms with Crippen molar-refractivity contribution in [3.8, 4) is 28.6 Å². The minimum Gasteiger partial charge on any atom is -0.493 e. The van der Waals surface area contributed by atoms with E-state index in [1.807, 2.05) is 30.5 Å². The first-order valence-electron chi connectivity index (χ1n) is 9.80. The Kier molecular flexibility index (Phi) is 6.38. The average molecular weight is 473 g/mol. The van der Waals surface area contributed by atoms with Crippen LogP contribution in [0.2, 0.25) is 5.02 Å². The maximum absolute atomic E-state index is 13.3. The lowest BCUT2D eigenvalue weighted by Gasteiger charge is -2.31. The third-order valence-corrected chi connectivity index (χ3v) is 5.76. The number of carbonyl (C=O) groups is 1. The molecule has 0 saturated heterocycles. The van der Waals surface area contributed by atoms with Gasteiger partial charge in [-0.3, -0.25) is 9.69 Å². The van der Waals surface area contributed by atoms with E-state index in [9.17, 15) is 4.79 Å². The Morgan fingerprint density at radius 2 is 2.00 bits per heavy atom. The van der Waals surface area contributed by atoms with E-state index in [1.54, 1.807) is 24.0 Å². The number of fused-ring (bicyclic) bond motifs is 3. The first-order valence-corrected chi connectivity index (χ1v) is 11.4. The number of para-hydroxylation sites is 1. The van der Waals surface area contributed by atoms with Gasteiger partial charge in [0.25, 0.3) is 0 Å². The zero-order chi connectivity index (χ0) is 22.8. The summed E-state index contributed by atoms with van der Waals surface area (Å²) in [6.07, 6.45) is 1.17. The van der Waals surface area contributed by atoms with Crippen LogP contribution in [0.3, 0.4) is 0 Å². The third kappa shape index (κ3) is 3.82. The quantitative estimate of drug-likeness (QED) is 0.491. The van der Waals surface area contributed by atoms with Crippen LogP contribution < -0.4 is 19.1 Å². The molecule has 0 N–H and O–H groups in total. The molecule has 2 heterocycles. The summed E-state index contributed by atoms with van der Waals surface area (Å²) < 4.78 is 17.5. The van der Waals surface area contributed by atoms with Gasteiger partial charge in [-0.05, 0) is 18.4 Å². The van der Waals surface area contributed by atoms with Crippen molar-refractivity contribution < 1.29 is 19.0 Å². The Labute approximate surface area is 194 Å². The fraction of sp³-hybridized carbons (Fsp3) is 0.273. The predicted molar refractivity (Wildman–Crippen MR) is 123 cm³/mol. The number of carbonyl (C=O) groups excluding carboxylic acids is 1. The second-order valence-electron chi connectivity index (χ2n) is 6.79. The first kappa shape index (κ1) is 22.2. The van der Waals surface area contributed by atoms with Gasteiger partial charge in [-0.2, -0.15) is 4.98 Å². The van der Waals surface area contributed by atoms with Crippen LogP contribution in [0, 0.1) is 0 Å². The Hall–Kier alpha value is -3.04. The number of methoxy groups -OCH3 is 2. The molecule has 3 aromatic rings. The van der Waals surface area contributed by atoms with Crippen LogP contribution in [0.4, 0.5) is 5.69 Å². The lowest BCUT2D eigenvalue weighted by molar-refractivity contribution is -0.120. The molecule has 1 atom stereocenters. The minimum absolute atomic E-state index is 0.158. The maximum Gasteiger partial charge on any atom is 0.247 e. The molecule has 0 fully saturated rings. The molecule has 0 aliphatic carbocycles. The van der Waals surface area contributed by atoms with Crippen LogP contribution in [0.25, 0.3) is 11.3 Å². The zero-order valence-corrected chi connectivity index (χ0v) is 19.5. The highest BCUT2D eigenvalue weighted by Gasteiger charge is 2.37. The van der Waals surface area contributed by atoms with Gasteiger partial charge in [-0.25, -0.2) is 0 Å². The van der Waals surface area contributed by atoms with Crippen molar-refractivity contribution in [3.63, 3.8) is 0 Å². The van der Waals surface area contributed by atoms with Gasteiger partial charge in [0.1, 0.15) is 0 Å². The van der Waals surface area contributed by atoms with Crippen molar-refractivity contribution in [1.82, 2.24) is 15.2 Å². The highest BCUT2D eigenvalue weighted by Crippen LogP contribution is 2.47. The summed E-state index contributed by atoms with van der Waals surface area (Å²) >= 11 is 7.73. The number of hydrogen-bond donors (Lipinski definition) is 0. The molecule has 1 aliphatic heterocycles. The highest BCUT2D eigenvalue weighted by atomic mass is 35.5. The zero-order valence-electron chi connectivity index (χ0n) is 18.0. The second-order valence-corrected chi connectivity index (χ2v) is 8.00. The third-order valence-electron chi connectivity index (χ3n) is 5.00. The number of hydrogen-bond acceptors (Lipinski definition) is 8. The predicted octanol–water partition coefficient (Wildman–Crippen LogP) is 4.77. The highest BCUT2D eigenvalue weighted by molar-refractivity contribution is 7.98. The number of halogens is 1. The van der Waals surface area contributed by atoms with E-state index in [-0.39, 0.29) is 18.2 Å². The molecule has 0 radical (unpaired) electrons. The molecule has 32 heavy (non-hydrogen) atoms. The van der Waals surface area contributed by atoms with E-state index < -0.39 is 6.23 Å². The summed E-state index contributed by atoms with van der Waals surface area (Å²) in [6.45, 7) is 1.79. The van der Waals surface area contributed by atoms with E-state index in [0.29, 0.717) is 44.2 Å². The summed E-state index contributed by atoms with van der Waals surface area (Å²) in [6, 6.07) is 10.8. The number of aromatic nitrogens is 3. The van der Waals surface area contributed by atoms with Crippen molar-refractivity contribution in [2.75, 3.05) is 25.4 Å². The Balaban J connectivity index is 2.04. The molecule has 8 nitrogen and oxygen atoms in total. The number of thioether (sulfide) groups is 1. The standard InChI is InChI=1S/C22H21ClN4O4S/c1-5-17(28)27-15-9-7-6-8-13(15)18-20(24-22(32-4)26-25-18)31-21(27)14-10-12(23)11-16(29-2)19(14)30-3/h6-11,21H,5H2,1-4H3. The molecule has 10 heteroatoms. The molecule has 0 saturated carbocycles. The Morgan fingerprint density at radius 1 is 1.22 bits per heavy atom. The fourth-order valence-electron chi connectivity index (χ4n) is 3.58. The first-order chi connectivity index (χ1) is 15.5. The molecule has 166 valence electrons. The van der Waals surface area contributed by atoms with Crippen LogP contribution >= 0.6 is 23.4 Å². The Morgan fingerprint density at radius 3 is 2.69 bits per heavy atom. The fourth-order valence-corrected chi connectivity index (χ4v) is 4.10. The molecule has 1 unspecified atom stereocenters. The van der Waals surface area contributed by atoms with Gasteiger partial charge in [0.05, 0.1) is 25.5 Å². The lowest BCUT2D eigenvalue weighted by Crippen LogP contribution is -2.37. The monoisotopic (exact) mass is 472 g/mol. The van der Waals surface area contributed by atoms with Gasteiger partial charge in [-0.1, -0.05) is 48.5 Å². The second kappa shape index (κ2) is 9.22. The number of rotatable bonds is 5. The van der Waals surface area contributed by atoms with Gasteiger partial charge < -0.3 is 14.2 Å². The Bertz CT molecular complexity index is 1180. The molecule has 0 bridgehead atoms. The number of ether oxygens (including phenoxy) is 3.